The van der Waals surface area contributed by atoms with E-state index in [1.807, 2.05) is 13.0 Å². The van der Waals surface area contributed by atoms with Crippen molar-refractivity contribution in [1.29, 1.82) is 0 Å². The zero-order valence-electron chi connectivity index (χ0n) is 13.6. The number of hydrogen-bond acceptors (Lipinski definition) is 2. The number of hydrogen-bond donors (Lipinski definition) is 0. The van der Waals surface area contributed by atoms with Crippen molar-refractivity contribution in [2.24, 2.45) is 0 Å². The molecule has 116 valence electrons. The van der Waals surface area contributed by atoms with Crippen LogP contribution in [-0.4, -0.2) is 11.6 Å². The van der Waals surface area contributed by atoms with Gasteiger partial charge in [0.15, 0.2) is 5.78 Å². The van der Waals surface area contributed by atoms with Gasteiger partial charge in [-0.1, -0.05) is 19.1 Å². The molecule has 2 aliphatic rings. The summed E-state index contributed by atoms with van der Waals surface area (Å²) in [6, 6.07) is 4.52. The first-order valence-electron chi connectivity index (χ1n) is 8.46. The molecule has 1 atom stereocenters. The highest BCUT2D eigenvalue weighted by Crippen LogP contribution is 2.36. The minimum Gasteiger partial charge on any atom is -0.299 e. The second-order valence-corrected chi connectivity index (χ2v) is 6.74. The van der Waals surface area contributed by atoms with Gasteiger partial charge in [0.25, 0.3) is 0 Å². The number of allylic oxidation sites excluding steroid dienone is 2. The largest absolute Gasteiger partial charge is 0.299 e. The molecule has 2 aliphatic carbocycles. The van der Waals surface area contributed by atoms with Gasteiger partial charge in [-0.3, -0.25) is 9.59 Å². The van der Waals surface area contributed by atoms with E-state index >= 15 is 0 Å². The second-order valence-electron chi connectivity index (χ2n) is 6.74. The Kier molecular flexibility index (Phi) is 4.28. The summed E-state index contributed by atoms with van der Waals surface area (Å²) in [5, 5.41) is 0. The van der Waals surface area contributed by atoms with E-state index < -0.39 is 0 Å². The van der Waals surface area contributed by atoms with Crippen LogP contribution in [0, 0.1) is 0 Å². The van der Waals surface area contributed by atoms with Gasteiger partial charge in [0, 0.05) is 12.3 Å². The van der Waals surface area contributed by atoms with Crippen molar-refractivity contribution in [3.05, 3.63) is 40.5 Å². The quantitative estimate of drug-likeness (QED) is 0.828. The molecule has 3 rings (SSSR count). The number of fused-ring (bicyclic) bond motifs is 1. The van der Waals surface area contributed by atoms with Gasteiger partial charge in [0.1, 0.15) is 5.78 Å². The van der Waals surface area contributed by atoms with E-state index in [-0.39, 0.29) is 17.5 Å². The summed E-state index contributed by atoms with van der Waals surface area (Å²) in [7, 11) is 0. The molecule has 1 unspecified atom stereocenters. The van der Waals surface area contributed by atoms with Crippen LogP contribution in [0.1, 0.15) is 74.1 Å². The third-order valence-electron chi connectivity index (χ3n) is 5.14. The maximum absolute atomic E-state index is 11.9. The van der Waals surface area contributed by atoms with E-state index in [4.69, 9.17) is 0 Å². The molecule has 0 saturated carbocycles. The summed E-state index contributed by atoms with van der Waals surface area (Å²) in [6.07, 6.45) is 9.06. The molecule has 1 aromatic carbocycles. The molecule has 1 aromatic rings. The Morgan fingerprint density at radius 1 is 1.00 bits per heavy atom. The fourth-order valence-electron chi connectivity index (χ4n) is 3.66. The molecule has 0 aromatic heterocycles. The van der Waals surface area contributed by atoms with E-state index in [0.717, 1.165) is 42.4 Å². The first kappa shape index (κ1) is 15.2. The highest BCUT2D eigenvalue weighted by molar-refractivity contribution is 5.99. The topological polar surface area (TPSA) is 34.1 Å². The lowest BCUT2D eigenvalue weighted by Crippen LogP contribution is -2.13. The Bertz CT molecular complexity index is 652. The number of rotatable bonds is 3. The molecule has 0 spiro atoms. The lowest BCUT2D eigenvalue weighted by atomic mass is 9.80. The summed E-state index contributed by atoms with van der Waals surface area (Å²) >= 11 is 0. The summed E-state index contributed by atoms with van der Waals surface area (Å²) in [5.41, 5.74) is 6.22. The van der Waals surface area contributed by atoms with Gasteiger partial charge in [-0.25, -0.2) is 0 Å². The van der Waals surface area contributed by atoms with Crippen LogP contribution in [-0.2, 0) is 22.4 Å². The van der Waals surface area contributed by atoms with Crippen molar-refractivity contribution in [3.63, 3.8) is 0 Å². The molecular weight excluding hydrogens is 272 g/mol. The predicted octanol–water partition coefficient (Wildman–Crippen LogP) is 4.39. The van der Waals surface area contributed by atoms with E-state index in [1.54, 1.807) is 6.92 Å². The summed E-state index contributed by atoms with van der Waals surface area (Å²) in [4.78, 5) is 23.7. The predicted molar refractivity (Wildman–Crippen MR) is 89.0 cm³/mol. The van der Waals surface area contributed by atoms with Crippen LogP contribution < -0.4 is 0 Å². The maximum Gasteiger partial charge on any atom is 0.155 e. The van der Waals surface area contributed by atoms with Gasteiger partial charge in [-0.15, -0.1) is 0 Å². The van der Waals surface area contributed by atoms with Crippen molar-refractivity contribution in [2.45, 2.75) is 64.7 Å². The Morgan fingerprint density at radius 2 is 1.68 bits per heavy atom. The van der Waals surface area contributed by atoms with E-state index in [9.17, 15) is 9.59 Å². The lowest BCUT2D eigenvalue weighted by molar-refractivity contribution is -0.118. The summed E-state index contributed by atoms with van der Waals surface area (Å²) < 4.78 is 0. The molecule has 0 fully saturated rings. The molecular formula is C20H24O2. The zero-order chi connectivity index (χ0) is 15.7. The van der Waals surface area contributed by atoms with Crippen LogP contribution in [0.4, 0.5) is 0 Å². The molecule has 0 N–H and O–H groups in total. The van der Waals surface area contributed by atoms with E-state index in [0.29, 0.717) is 6.42 Å². The monoisotopic (exact) mass is 296 g/mol. The fourth-order valence-corrected chi connectivity index (χ4v) is 3.66. The minimum atomic E-state index is -0.0971. The Morgan fingerprint density at radius 3 is 2.32 bits per heavy atom. The smallest absolute Gasteiger partial charge is 0.155 e. The second kappa shape index (κ2) is 6.20. The van der Waals surface area contributed by atoms with Crippen LogP contribution in [0.2, 0.25) is 0 Å². The number of carbonyl (C=O) groups is 2. The van der Waals surface area contributed by atoms with Crippen molar-refractivity contribution in [3.8, 4) is 0 Å². The number of Topliss-reactive ketones (excluding diaryl/α,β-unsaturated/α-hetero) is 1. The van der Waals surface area contributed by atoms with Crippen LogP contribution in [0.3, 0.4) is 0 Å². The third-order valence-corrected chi connectivity index (χ3v) is 5.14. The molecule has 2 heteroatoms. The van der Waals surface area contributed by atoms with Gasteiger partial charge in [0.2, 0.25) is 0 Å². The molecule has 0 amide bonds. The third kappa shape index (κ3) is 2.92. The SMILES string of the molecule is CC(=O)C(C)c1cc2c(cc1C1=CC(=O)CCC1)CCCC2. The molecule has 0 bridgehead atoms. The molecule has 0 radical (unpaired) electrons. The van der Waals surface area contributed by atoms with Crippen molar-refractivity contribution >= 4 is 17.1 Å². The molecule has 0 aliphatic heterocycles. The van der Waals surface area contributed by atoms with Crippen molar-refractivity contribution in [2.75, 3.05) is 0 Å². The highest BCUT2D eigenvalue weighted by Gasteiger charge is 2.22. The highest BCUT2D eigenvalue weighted by atomic mass is 16.1. The Hall–Kier alpha value is -1.70. The number of carbonyl (C=O) groups excluding carboxylic acids is 2. The summed E-state index contributed by atoms with van der Waals surface area (Å²) in [5.74, 6) is 0.320. The molecule has 2 nitrogen and oxygen atoms in total. The lowest BCUT2D eigenvalue weighted by Gasteiger charge is -2.24. The minimum absolute atomic E-state index is 0.0971. The van der Waals surface area contributed by atoms with Gasteiger partial charge in [-0.05, 0) is 79.4 Å². The van der Waals surface area contributed by atoms with Crippen LogP contribution in [0.15, 0.2) is 18.2 Å². The van der Waals surface area contributed by atoms with Gasteiger partial charge in [-0.2, -0.15) is 0 Å². The number of ketones is 2. The zero-order valence-corrected chi connectivity index (χ0v) is 13.6. The number of aryl methyl sites for hydroxylation is 2. The normalized spacial score (nSPS) is 19.4. The standard InChI is InChI=1S/C20H24O2/c1-13(14(2)21)19-11-15-6-3-4-7-16(15)12-20(19)17-8-5-9-18(22)10-17/h10-13H,3-9H2,1-2H3. The number of benzene rings is 1. The van der Waals surface area contributed by atoms with Crippen molar-refractivity contribution < 1.29 is 9.59 Å². The molecule has 0 saturated heterocycles. The van der Waals surface area contributed by atoms with Gasteiger partial charge in [0.05, 0.1) is 0 Å². The van der Waals surface area contributed by atoms with Crippen LogP contribution in [0.25, 0.3) is 5.57 Å². The Balaban J connectivity index is 2.13. The molecule has 22 heavy (non-hydrogen) atoms. The average molecular weight is 296 g/mol. The molecule has 0 heterocycles. The first-order chi connectivity index (χ1) is 10.6. The van der Waals surface area contributed by atoms with Crippen LogP contribution in [0.5, 0.6) is 0 Å². The fraction of sp³-hybridized carbons (Fsp3) is 0.500. The summed E-state index contributed by atoms with van der Waals surface area (Å²) in [6.45, 7) is 3.65. The van der Waals surface area contributed by atoms with Gasteiger partial charge >= 0.3 is 0 Å². The van der Waals surface area contributed by atoms with E-state index in [1.165, 1.54) is 24.0 Å². The first-order valence-corrected chi connectivity index (χ1v) is 8.46. The van der Waals surface area contributed by atoms with Crippen molar-refractivity contribution in [1.82, 2.24) is 0 Å². The Labute approximate surface area is 132 Å². The van der Waals surface area contributed by atoms with Gasteiger partial charge < -0.3 is 0 Å². The average Bonchev–Trinajstić information content (AvgIpc) is 2.52. The van der Waals surface area contributed by atoms with E-state index in [2.05, 4.69) is 12.1 Å². The van der Waals surface area contributed by atoms with Crippen LogP contribution >= 0.6 is 0 Å². The maximum atomic E-state index is 11.9.